The van der Waals surface area contributed by atoms with Crippen molar-refractivity contribution in [3.63, 3.8) is 0 Å². The molecule has 0 bridgehead atoms. The molecule has 4 rings (SSSR count). The molecule has 0 saturated carbocycles. The fourth-order valence-electron chi connectivity index (χ4n) is 3.02. The molecule has 0 spiro atoms. The quantitative estimate of drug-likeness (QED) is 0.516. The third-order valence-electron chi connectivity index (χ3n) is 4.37. The predicted molar refractivity (Wildman–Crippen MR) is 105 cm³/mol. The van der Waals surface area contributed by atoms with Crippen LogP contribution in [0, 0.1) is 0 Å². The maximum atomic E-state index is 4.83. The van der Waals surface area contributed by atoms with E-state index in [0.717, 1.165) is 59.9 Å². The van der Waals surface area contributed by atoms with Crippen molar-refractivity contribution in [3.8, 4) is 11.4 Å². The first-order chi connectivity index (χ1) is 12.8. The van der Waals surface area contributed by atoms with E-state index >= 15 is 0 Å². The summed E-state index contributed by atoms with van der Waals surface area (Å²) in [5.74, 6) is 2.69. The highest BCUT2D eigenvalue weighted by atomic mass is 32.2. The highest BCUT2D eigenvalue weighted by molar-refractivity contribution is 7.99. The number of nitrogens with one attached hydrogen (secondary N) is 2. The largest absolute Gasteiger partial charge is 0.369 e. The molecule has 0 fully saturated rings. The van der Waals surface area contributed by atoms with Crippen LogP contribution >= 0.6 is 11.8 Å². The summed E-state index contributed by atoms with van der Waals surface area (Å²) in [5.41, 5.74) is 3.39. The maximum absolute atomic E-state index is 4.83. The van der Waals surface area contributed by atoms with Gasteiger partial charge in [0.05, 0.1) is 5.69 Å². The Bertz CT molecular complexity index is 877. The molecule has 0 aliphatic carbocycles. The van der Waals surface area contributed by atoms with E-state index in [2.05, 4.69) is 27.8 Å². The fraction of sp³-hybridized carbons (Fsp3) is 0.316. The van der Waals surface area contributed by atoms with E-state index in [1.54, 1.807) is 11.8 Å². The molecule has 0 radical (unpaired) electrons. The molecule has 6 nitrogen and oxygen atoms in total. The molecule has 1 aromatic carbocycles. The van der Waals surface area contributed by atoms with Crippen LogP contribution in [0.15, 0.2) is 47.9 Å². The second-order valence-electron chi connectivity index (χ2n) is 6.21. The normalized spacial score (nSPS) is 13.4. The number of rotatable bonds is 6. The molecule has 0 unspecified atom stereocenters. The highest BCUT2D eigenvalue weighted by Crippen LogP contribution is 2.25. The summed E-state index contributed by atoms with van der Waals surface area (Å²) in [7, 11) is 2.02. The summed E-state index contributed by atoms with van der Waals surface area (Å²) >= 11 is 1.74. The summed E-state index contributed by atoms with van der Waals surface area (Å²) in [6.45, 7) is 2.61. The van der Waals surface area contributed by atoms with Gasteiger partial charge < -0.3 is 15.2 Å². The Kier molecular flexibility index (Phi) is 5.17. The zero-order valence-corrected chi connectivity index (χ0v) is 15.6. The van der Waals surface area contributed by atoms with E-state index < -0.39 is 0 Å². The molecule has 3 heterocycles. The number of anilines is 1. The summed E-state index contributed by atoms with van der Waals surface area (Å²) in [6.07, 6.45) is 4.75. The van der Waals surface area contributed by atoms with Crippen LogP contribution < -0.4 is 10.6 Å². The third-order valence-corrected chi connectivity index (χ3v) is 5.43. The van der Waals surface area contributed by atoms with Gasteiger partial charge in [-0.05, 0) is 13.0 Å². The number of aromatic nitrogens is 4. The van der Waals surface area contributed by atoms with E-state index in [1.807, 2.05) is 42.2 Å². The molecule has 3 aromatic rings. The second kappa shape index (κ2) is 7.88. The molecule has 2 aromatic heterocycles. The van der Waals surface area contributed by atoms with Crippen molar-refractivity contribution < 1.29 is 0 Å². The van der Waals surface area contributed by atoms with E-state index in [9.17, 15) is 0 Å². The number of benzene rings is 1. The smallest absolute Gasteiger partial charge is 0.167 e. The maximum Gasteiger partial charge on any atom is 0.167 e. The first kappa shape index (κ1) is 17.1. The summed E-state index contributed by atoms with van der Waals surface area (Å²) < 4.78 is 2.04. The molecule has 1 aliphatic heterocycles. The van der Waals surface area contributed by atoms with Crippen LogP contribution in [0.2, 0.25) is 0 Å². The molecule has 0 amide bonds. The minimum absolute atomic E-state index is 0.785. The Morgan fingerprint density at radius 3 is 2.92 bits per heavy atom. The van der Waals surface area contributed by atoms with E-state index in [0.29, 0.717) is 0 Å². The number of hydrogen-bond donors (Lipinski definition) is 2. The topological polar surface area (TPSA) is 67.7 Å². The van der Waals surface area contributed by atoms with Crippen LogP contribution in [0.25, 0.3) is 11.4 Å². The Morgan fingerprint density at radius 1 is 1.23 bits per heavy atom. The minimum Gasteiger partial charge on any atom is -0.369 e. The average Bonchev–Trinajstić information content (AvgIpc) is 3.10. The molecule has 1 aliphatic rings. The van der Waals surface area contributed by atoms with Crippen molar-refractivity contribution in [2.24, 2.45) is 7.05 Å². The van der Waals surface area contributed by atoms with Crippen molar-refractivity contribution >= 4 is 17.6 Å². The van der Waals surface area contributed by atoms with Gasteiger partial charge in [-0.2, -0.15) is 0 Å². The van der Waals surface area contributed by atoms with Crippen LogP contribution in [0.4, 0.5) is 5.82 Å². The lowest BCUT2D eigenvalue weighted by atomic mass is 10.1. The molecule has 134 valence electrons. The van der Waals surface area contributed by atoms with Gasteiger partial charge >= 0.3 is 0 Å². The van der Waals surface area contributed by atoms with Gasteiger partial charge in [0.2, 0.25) is 0 Å². The fourth-order valence-corrected chi connectivity index (χ4v) is 3.81. The summed E-state index contributed by atoms with van der Waals surface area (Å²) in [5, 5.41) is 7.97. The number of thioether (sulfide) groups is 1. The van der Waals surface area contributed by atoms with Gasteiger partial charge in [-0.25, -0.2) is 15.0 Å². The lowest BCUT2D eigenvalue weighted by molar-refractivity contribution is 0.625. The zero-order valence-electron chi connectivity index (χ0n) is 14.8. The number of fused-ring (bicyclic) bond motifs is 1. The van der Waals surface area contributed by atoms with Crippen molar-refractivity contribution in [2.75, 3.05) is 24.2 Å². The summed E-state index contributed by atoms with van der Waals surface area (Å²) in [4.78, 5) is 14.0. The lowest BCUT2D eigenvalue weighted by Gasteiger charge is -2.20. The first-order valence-corrected chi connectivity index (χ1v) is 9.80. The minimum atomic E-state index is 0.785. The van der Waals surface area contributed by atoms with E-state index in [4.69, 9.17) is 9.97 Å². The van der Waals surface area contributed by atoms with Gasteiger partial charge in [0, 0.05) is 49.4 Å². The monoisotopic (exact) mass is 366 g/mol. The third kappa shape index (κ3) is 3.73. The van der Waals surface area contributed by atoms with Gasteiger partial charge in [0.1, 0.15) is 5.82 Å². The highest BCUT2D eigenvalue weighted by Gasteiger charge is 2.18. The van der Waals surface area contributed by atoms with Crippen LogP contribution in [0.5, 0.6) is 0 Å². The van der Waals surface area contributed by atoms with Crippen molar-refractivity contribution in [3.05, 3.63) is 54.0 Å². The number of aryl methyl sites for hydroxylation is 1. The van der Waals surface area contributed by atoms with Gasteiger partial charge in [-0.3, -0.25) is 0 Å². The summed E-state index contributed by atoms with van der Waals surface area (Å²) in [6, 6.07) is 10.2. The molecular formula is C19H22N6S. The molecule has 7 heteroatoms. The van der Waals surface area contributed by atoms with Gasteiger partial charge in [-0.1, -0.05) is 42.1 Å². The van der Waals surface area contributed by atoms with Crippen LogP contribution in [0.1, 0.15) is 11.3 Å². The Morgan fingerprint density at radius 2 is 2.12 bits per heavy atom. The van der Waals surface area contributed by atoms with Crippen LogP contribution in [-0.4, -0.2) is 38.4 Å². The van der Waals surface area contributed by atoms with E-state index in [1.165, 1.54) is 5.56 Å². The molecule has 26 heavy (non-hydrogen) atoms. The van der Waals surface area contributed by atoms with Crippen molar-refractivity contribution in [1.82, 2.24) is 24.8 Å². The number of nitrogens with zero attached hydrogens (tertiary/aromatic N) is 4. The van der Waals surface area contributed by atoms with E-state index in [-0.39, 0.29) is 0 Å². The Labute approximate surface area is 157 Å². The van der Waals surface area contributed by atoms with Crippen LogP contribution in [0.3, 0.4) is 0 Å². The zero-order chi connectivity index (χ0) is 17.8. The molecule has 2 N–H and O–H groups in total. The molecule has 0 atom stereocenters. The predicted octanol–water partition coefficient (Wildman–Crippen LogP) is 2.73. The van der Waals surface area contributed by atoms with Gasteiger partial charge in [-0.15, -0.1) is 0 Å². The lowest BCUT2D eigenvalue weighted by Crippen LogP contribution is -2.27. The SMILES string of the molecule is Cn1ccnc1SCCNc1nc(-c2ccccc2)nc2c1CCNC2. The molecule has 0 saturated heterocycles. The Hall–Kier alpha value is -2.38. The van der Waals surface area contributed by atoms with Crippen molar-refractivity contribution in [1.29, 1.82) is 0 Å². The second-order valence-corrected chi connectivity index (χ2v) is 7.27. The standard InChI is InChI=1S/C19H22N6S/c1-25-11-9-22-19(25)26-12-10-21-18-15-7-8-20-13-16(15)23-17(24-18)14-5-3-2-4-6-14/h2-6,9,11,20H,7-8,10,12-13H2,1H3,(H,21,23,24). The number of imidazole rings is 1. The van der Waals surface area contributed by atoms with Crippen LogP contribution in [-0.2, 0) is 20.0 Å². The number of hydrogen-bond acceptors (Lipinski definition) is 6. The van der Waals surface area contributed by atoms with Crippen molar-refractivity contribution in [2.45, 2.75) is 18.1 Å². The average molecular weight is 366 g/mol. The molecular weight excluding hydrogens is 344 g/mol. The van der Waals surface area contributed by atoms with Gasteiger partial charge in [0.15, 0.2) is 11.0 Å². The van der Waals surface area contributed by atoms with Gasteiger partial charge in [0.25, 0.3) is 0 Å². The Balaban J connectivity index is 1.51. The first-order valence-electron chi connectivity index (χ1n) is 8.81.